The smallest absolute Gasteiger partial charge is 0.246 e. The van der Waals surface area contributed by atoms with E-state index in [9.17, 15) is 4.79 Å². The third-order valence-electron chi connectivity index (χ3n) is 5.71. The first-order valence-electron chi connectivity index (χ1n) is 10.7. The molecule has 4 rings (SSSR count). The highest BCUT2D eigenvalue weighted by atomic mass is 35.5. The van der Waals surface area contributed by atoms with Gasteiger partial charge in [-0.2, -0.15) is 0 Å². The molecular weight excluding hydrogens is 406 g/mol. The predicted molar refractivity (Wildman–Crippen MR) is 129 cm³/mol. The predicted octanol–water partition coefficient (Wildman–Crippen LogP) is 5.46. The fourth-order valence-electron chi connectivity index (χ4n) is 4.33. The summed E-state index contributed by atoms with van der Waals surface area (Å²) in [7, 11) is 0. The molecule has 1 aliphatic heterocycles. The molecule has 1 fully saturated rings. The molecule has 3 aromatic carbocycles. The van der Waals surface area contributed by atoms with Crippen LogP contribution in [0.1, 0.15) is 22.7 Å². The molecule has 5 heteroatoms. The zero-order valence-electron chi connectivity index (χ0n) is 18.0. The molecule has 1 saturated heterocycles. The number of hydrogen-bond donors (Lipinski definition) is 1. The van der Waals surface area contributed by atoms with Gasteiger partial charge >= 0.3 is 0 Å². The Kier molecular flexibility index (Phi) is 6.59. The first-order chi connectivity index (χ1) is 15.0. The number of amides is 1. The molecule has 0 spiro atoms. The quantitative estimate of drug-likeness (QED) is 0.580. The zero-order chi connectivity index (χ0) is 21.8. The van der Waals surface area contributed by atoms with Gasteiger partial charge in [-0.25, -0.2) is 0 Å². The molecule has 3 aromatic rings. The molecule has 1 heterocycles. The second-order valence-corrected chi connectivity index (χ2v) is 8.62. The van der Waals surface area contributed by atoms with Crippen LogP contribution < -0.4 is 10.2 Å². The molecule has 4 nitrogen and oxygen atoms in total. The average Bonchev–Trinajstić information content (AvgIpc) is 2.74. The fraction of sp³-hybridized carbons (Fsp3) is 0.269. The van der Waals surface area contributed by atoms with E-state index in [1.165, 1.54) is 0 Å². The van der Waals surface area contributed by atoms with Crippen molar-refractivity contribution in [3.63, 3.8) is 0 Å². The van der Waals surface area contributed by atoms with Crippen LogP contribution in [0.15, 0.2) is 72.8 Å². The number of piperazine rings is 1. The molecule has 31 heavy (non-hydrogen) atoms. The lowest BCUT2D eigenvalue weighted by Gasteiger charge is -2.39. The molecule has 1 unspecified atom stereocenters. The summed E-state index contributed by atoms with van der Waals surface area (Å²) in [6, 6.07) is 23.8. The molecule has 1 aliphatic rings. The summed E-state index contributed by atoms with van der Waals surface area (Å²) in [6.45, 7) is 7.39. The van der Waals surface area contributed by atoms with Crippen molar-refractivity contribution in [2.24, 2.45) is 0 Å². The fourth-order valence-corrected chi connectivity index (χ4v) is 4.52. The van der Waals surface area contributed by atoms with Crippen LogP contribution in [0.25, 0.3) is 0 Å². The van der Waals surface area contributed by atoms with Crippen molar-refractivity contribution >= 4 is 28.9 Å². The number of carbonyl (C=O) groups excluding carboxylic acids is 1. The highest BCUT2D eigenvalue weighted by Gasteiger charge is 2.30. The van der Waals surface area contributed by atoms with Crippen LogP contribution in [0, 0.1) is 13.8 Å². The Labute approximate surface area is 189 Å². The summed E-state index contributed by atoms with van der Waals surface area (Å²) in [5.41, 5.74) is 5.27. The third-order valence-corrected chi connectivity index (χ3v) is 5.94. The number of benzene rings is 3. The van der Waals surface area contributed by atoms with Crippen molar-refractivity contribution in [2.75, 3.05) is 36.4 Å². The van der Waals surface area contributed by atoms with Crippen LogP contribution >= 0.6 is 11.6 Å². The van der Waals surface area contributed by atoms with Crippen LogP contribution in [0.2, 0.25) is 5.02 Å². The Hall–Kier alpha value is -2.82. The topological polar surface area (TPSA) is 35.6 Å². The van der Waals surface area contributed by atoms with E-state index in [2.05, 4.69) is 27.2 Å². The molecule has 0 radical (unpaired) electrons. The van der Waals surface area contributed by atoms with Crippen molar-refractivity contribution in [3.05, 3.63) is 94.5 Å². The van der Waals surface area contributed by atoms with E-state index >= 15 is 0 Å². The second kappa shape index (κ2) is 9.54. The average molecular weight is 434 g/mol. The third kappa shape index (κ3) is 5.27. The highest BCUT2D eigenvalue weighted by molar-refractivity contribution is 6.30. The molecule has 0 bridgehead atoms. The Morgan fingerprint density at radius 2 is 1.55 bits per heavy atom. The minimum absolute atomic E-state index is 0.00686. The van der Waals surface area contributed by atoms with E-state index in [0.717, 1.165) is 59.3 Å². The summed E-state index contributed by atoms with van der Waals surface area (Å²) in [5, 5.41) is 3.90. The molecular formula is C26H28ClN3O. The number of aryl methyl sites for hydroxylation is 2. The van der Waals surface area contributed by atoms with Gasteiger partial charge in [0.1, 0.15) is 6.04 Å². The van der Waals surface area contributed by atoms with E-state index in [1.54, 1.807) is 0 Å². The SMILES string of the molecule is Cc1cc(C)cc(NC(=O)C(c2ccccc2)N2CCN(c3cccc(Cl)c3)CC2)c1. The maximum Gasteiger partial charge on any atom is 0.246 e. The zero-order valence-corrected chi connectivity index (χ0v) is 18.8. The van der Waals surface area contributed by atoms with Gasteiger partial charge in [0.2, 0.25) is 5.91 Å². The van der Waals surface area contributed by atoms with E-state index < -0.39 is 0 Å². The van der Waals surface area contributed by atoms with Crippen LogP contribution in [0.5, 0.6) is 0 Å². The van der Waals surface area contributed by atoms with Crippen LogP contribution in [-0.2, 0) is 4.79 Å². The summed E-state index contributed by atoms with van der Waals surface area (Å²) in [6.07, 6.45) is 0. The van der Waals surface area contributed by atoms with E-state index in [4.69, 9.17) is 11.6 Å². The Morgan fingerprint density at radius 1 is 0.871 bits per heavy atom. The maximum absolute atomic E-state index is 13.4. The van der Waals surface area contributed by atoms with Crippen molar-refractivity contribution in [1.29, 1.82) is 0 Å². The van der Waals surface area contributed by atoms with Gasteiger partial charge in [-0.1, -0.05) is 54.1 Å². The lowest BCUT2D eigenvalue weighted by molar-refractivity contribution is -0.121. The largest absolute Gasteiger partial charge is 0.369 e. The summed E-state index contributed by atoms with van der Waals surface area (Å²) < 4.78 is 0. The first kappa shape index (κ1) is 21.4. The van der Waals surface area contributed by atoms with Gasteiger partial charge in [-0.3, -0.25) is 9.69 Å². The van der Waals surface area contributed by atoms with E-state index in [1.807, 2.05) is 74.5 Å². The molecule has 0 aromatic heterocycles. The van der Waals surface area contributed by atoms with Gasteiger partial charge in [0.15, 0.2) is 0 Å². The Morgan fingerprint density at radius 3 is 2.19 bits per heavy atom. The Bertz CT molecular complexity index is 1030. The monoisotopic (exact) mass is 433 g/mol. The summed E-state index contributed by atoms with van der Waals surface area (Å²) in [4.78, 5) is 18.0. The molecule has 1 atom stereocenters. The molecule has 1 N–H and O–H groups in total. The Balaban J connectivity index is 1.53. The van der Waals surface area contributed by atoms with Gasteiger partial charge in [-0.05, 0) is 60.9 Å². The van der Waals surface area contributed by atoms with Crippen molar-refractivity contribution in [2.45, 2.75) is 19.9 Å². The van der Waals surface area contributed by atoms with E-state index in [0.29, 0.717) is 0 Å². The number of hydrogen-bond acceptors (Lipinski definition) is 3. The minimum atomic E-state index is -0.330. The molecule has 0 aliphatic carbocycles. The van der Waals surface area contributed by atoms with Gasteiger partial charge in [-0.15, -0.1) is 0 Å². The van der Waals surface area contributed by atoms with Crippen LogP contribution in [0.3, 0.4) is 0 Å². The highest BCUT2D eigenvalue weighted by Crippen LogP contribution is 2.27. The number of anilines is 2. The number of carbonyl (C=O) groups is 1. The molecule has 1 amide bonds. The van der Waals surface area contributed by atoms with Crippen LogP contribution in [0.4, 0.5) is 11.4 Å². The number of nitrogens with zero attached hydrogens (tertiary/aromatic N) is 2. The number of halogens is 1. The lowest BCUT2D eigenvalue weighted by Crippen LogP contribution is -2.50. The van der Waals surface area contributed by atoms with Crippen LogP contribution in [-0.4, -0.2) is 37.0 Å². The standard InChI is InChI=1S/C26H28ClN3O/c1-19-15-20(2)17-23(16-19)28-26(31)25(21-7-4-3-5-8-21)30-13-11-29(12-14-30)24-10-6-9-22(27)18-24/h3-10,15-18,25H,11-14H2,1-2H3,(H,28,31). The second-order valence-electron chi connectivity index (χ2n) is 8.18. The van der Waals surface area contributed by atoms with Gasteiger partial charge < -0.3 is 10.2 Å². The van der Waals surface area contributed by atoms with Gasteiger partial charge in [0, 0.05) is 42.6 Å². The lowest BCUT2D eigenvalue weighted by atomic mass is 10.0. The summed E-state index contributed by atoms with van der Waals surface area (Å²) >= 11 is 6.17. The molecule has 160 valence electrons. The minimum Gasteiger partial charge on any atom is -0.369 e. The van der Waals surface area contributed by atoms with Crippen molar-refractivity contribution in [1.82, 2.24) is 4.90 Å². The van der Waals surface area contributed by atoms with Gasteiger partial charge in [0.25, 0.3) is 0 Å². The molecule has 0 saturated carbocycles. The van der Waals surface area contributed by atoms with Gasteiger partial charge in [0.05, 0.1) is 0 Å². The van der Waals surface area contributed by atoms with Crippen molar-refractivity contribution < 1.29 is 4.79 Å². The number of nitrogens with one attached hydrogen (secondary N) is 1. The number of rotatable bonds is 5. The first-order valence-corrected chi connectivity index (χ1v) is 11.1. The maximum atomic E-state index is 13.4. The summed E-state index contributed by atoms with van der Waals surface area (Å²) in [5.74, 6) is 0.00686. The normalized spacial score (nSPS) is 15.5. The van der Waals surface area contributed by atoms with Crippen molar-refractivity contribution in [3.8, 4) is 0 Å². The van der Waals surface area contributed by atoms with E-state index in [-0.39, 0.29) is 11.9 Å².